The van der Waals surface area contributed by atoms with E-state index in [0.717, 1.165) is 13.0 Å². The first-order chi connectivity index (χ1) is 9.61. The number of pyridine rings is 1. The molecule has 2 aromatic heterocycles. The summed E-state index contributed by atoms with van der Waals surface area (Å²) in [5.74, 6) is -0.305. The fourth-order valence-electron chi connectivity index (χ4n) is 1.74. The number of fused-ring (bicyclic) bond motifs is 1. The van der Waals surface area contributed by atoms with Gasteiger partial charge in [0, 0.05) is 12.7 Å². The van der Waals surface area contributed by atoms with Crippen molar-refractivity contribution in [2.24, 2.45) is 0 Å². The minimum absolute atomic E-state index is 0. The molecule has 0 atom stereocenters. The van der Waals surface area contributed by atoms with Crippen molar-refractivity contribution in [1.29, 1.82) is 0 Å². The van der Waals surface area contributed by atoms with Crippen molar-refractivity contribution in [1.82, 2.24) is 25.6 Å². The second-order valence-electron chi connectivity index (χ2n) is 4.24. The summed E-state index contributed by atoms with van der Waals surface area (Å²) in [4.78, 5) is 43.0. The van der Waals surface area contributed by atoms with E-state index < -0.39 is 11.2 Å². The lowest BCUT2D eigenvalue weighted by atomic mass is 10.2. The summed E-state index contributed by atoms with van der Waals surface area (Å²) >= 11 is 0. The number of H-pyrrole nitrogens is 2. The molecule has 1 amide bonds. The van der Waals surface area contributed by atoms with Crippen LogP contribution in [0, 0.1) is 0 Å². The Balaban J connectivity index is 0.00000220. The molecular weight excluding hydrogens is 333 g/mol. The number of aromatic amines is 2. The summed E-state index contributed by atoms with van der Waals surface area (Å²) in [5.41, 5.74) is -0.759. The van der Waals surface area contributed by atoms with E-state index >= 15 is 0 Å². The van der Waals surface area contributed by atoms with Crippen LogP contribution in [0.3, 0.4) is 0 Å². The third-order valence-corrected chi connectivity index (χ3v) is 2.74. The van der Waals surface area contributed by atoms with Crippen LogP contribution in [0.15, 0.2) is 21.9 Å². The zero-order valence-electron chi connectivity index (χ0n) is 11.8. The van der Waals surface area contributed by atoms with Crippen LogP contribution in [0.5, 0.6) is 0 Å². The summed E-state index contributed by atoms with van der Waals surface area (Å²) in [7, 11) is 1.84. The highest BCUT2D eigenvalue weighted by Gasteiger charge is 2.09. The van der Waals surface area contributed by atoms with E-state index in [1.807, 2.05) is 7.05 Å². The highest BCUT2D eigenvalue weighted by molar-refractivity contribution is 5.96. The predicted molar refractivity (Wildman–Crippen MR) is 88.4 cm³/mol. The number of hydrogen-bond donors (Lipinski definition) is 4. The quantitative estimate of drug-likeness (QED) is 0.557. The van der Waals surface area contributed by atoms with Gasteiger partial charge < -0.3 is 10.6 Å². The van der Waals surface area contributed by atoms with Crippen LogP contribution in [0.2, 0.25) is 0 Å². The average molecular weight is 350 g/mol. The number of amides is 1. The van der Waals surface area contributed by atoms with Gasteiger partial charge in [-0.15, -0.1) is 24.8 Å². The molecule has 0 radical (unpaired) electrons. The van der Waals surface area contributed by atoms with Crippen LogP contribution in [-0.2, 0) is 0 Å². The maximum Gasteiger partial charge on any atom is 0.327 e. The topological polar surface area (TPSA) is 120 Å². The van der Waals surface area contributed by atoms with Gasteiger partial charge in [-0.1, -0.05) is 0 Å². The van der Waals surface area contributed by atoms with Crippen molar-refractivity contribution < 1.29 is 4.79 Å². The Kier molecular flexibility index (Phi) is 8.39. The Hall–Kier alpha value is -1.90. The van der Waals surface area contributed by atoms with Gasteiger partial charge in [0.1, 0.15) is 5.65 Å². The lowest BCUT2D eigenvalue weighted by Crippen LogP contribution is -2.27. The van der Waals surface area contributed by atoms with Crippen LogP contribution < -0.4 is 21.9 Å². The Labute approximate surface area is 137 Å². The number of aromatic nitrogens is 3. The number of halogens is 2. The number of hydrogen-bond acceptors (Lipinski definition) is 5. The molecule has 2 heterocycles. The zero-order valence-corrected chi connectivity index (χ0v) is 13.4. The first-order valence-corrected chi connectivity index (χ1v) is 6.17. The first-order valence-electron chi connectivity index (χ1n) is 6.17. The highest BCUT2D eigenvalue weighted by atomic mass is 35.5. The van der Waals surface area contributed by atoms with Crippen LogP contribution >= 0.6 is 24.8 Å². The van der Waals surface area contributed by atoms with E-state index in [2.05, 4.69) is 25.6 Å². The maximum absolute atomic E-state index is 11.9. The minimum atomic E-state index is -0.626. The van der Waals surface area contributed by atoms with E-state index in [4.69, 9.17) is 0 Å². The molecule has 10 heteroatoms. The van der Waals surface area contributed by atoms with Crippen molar-refractivity contribution in [2.45, 2.75) is 6.42 Å². The SMILES string of the molecule is CNCCCNC(=O)c1cnc2[nH]c(=O)[nH]c(=O)c2c1.Cl.Cl. The van der Waals surface area contributed by atoms with Crippen molar-refractivity contribution >= 4 is 41.8 Å². The standard InChI is InChI=1S/C12H15N5O3.2ClH/c1-13-3-2-4-14-10(18)7-5-8-9(15-6-7)16-12(20)17-11(8)19;;/h5-6,13H,2-4H2,1H3,(H,14,18)(H2,15,16,17,19,20);2*1H. The second kappa shape index (κ2) is 9.19. The lowest BCUT2D eigenvalue weighted by Gasteiger charge is -2.05. The molecule has 0 fully saturated rings. The molecule has 0 saturated carbocycles. The molecule has 0 bridgehead atoms. The summed E-state index contributed by atoms with van der Waals surface area (Å²) < 4.78 is 0. The van der Waals surface area contributed by atoms with Crippen LogP contribution in [0.25, 0.3) is 11.0 Å². The van der Waals surface area contributed by atoms with Gasteiger partial charge in [0.15, 0.2) is 0 Å². The van der Waals surface area contributed by atoms with Gasteiger partial charge in [0.25, 0.3) is 11.5 Å². The molecule has 4 N–H and O–H groups in total. The summed E-state index contributed by atoms with van der Waals surface area (Å²) in [6.07, 6.45) is 2.13. The first kappa shape index (κ1) is 20.1. The fraction of sp³-hybridized carbons (Fsp3) is 0.333. The molecule has 0 unspecified atom stereocenters. The van der Waals surface area contributed by atoms with E-state index in [0.29, 0.717) is 6.54 Å². The van der Waals surface area contributed by atoms with Crippen molar-refractivity contribution in [3.63, 3.8) is 0 Å². The van der Waals surface area contributed by atoms with Gasteiger partial charge in [0.05, 0.1) is 10.9 Å². The molecule has 0 saturated heterocycles. The van der Waals surface area contributed by atoms with Crippen LogP contribution in [-0.4, -0.2) is 41.0 Å². The highest BCUT2D eigenvalue weighted by Crippen LogP contribution is 2.05. The van der Waals surface area contributed by atoms with Gasteiger partial charge in [-0.2, -0.15) is 0 Å². The smallest absolute Gasteiger partial charge is 0.327 e. The second-order valence-corrected chi connectivity index (χ2v) is 4.24. The number of rotatable bonds is 5. The van der Waals surface area contributed by atoms with Gasteiger partial charge >= 0.3 is 5.69 Å². The molecule has 122 valence electrons. The fourth-order valence-corrected chi connectivity index (χ4v) is 1.74. The van der Waals surface area contributed by atoms with Crippen LogP contribution in [0.4, 0.5) is 0 Å². The summed E-state index contributed by atoms with van der Waals surface area (Å²) in [6.45, 7) is 1.33. The third kappa shape index (κ3) is 4.83. The Morgan fingerprint density at radius 2 is 1.95 bits per heavy atom. The van der Waals surface area contributed by atoms with Gasteiger partial charge in [0.2, 0.25) is 0 Å². The molecular formula is C12H17Cl2N5O3. The molecule has 0 aliphatic carbocycles. The van der Waals surface area contributed by atoms with E-state index in [1.165, 1.54) is 12.3 Å². The van der Waals surface area contributed by atoms with Gasteiger partial charge in [-0.3, -0.25) is 19.6 Å². The monoisotopic (exact) mass is 349 g/mol. The Morgan fingerprint density at radius 1 is 1.23 bits per heavy atom. The summed E-state index contributed by atoms with van der Waals surface area (Å²) in [6, 6.07) is 1.41. The average Bonchev–Trinajstić information content (AvgIpc) is 2.43. The molecule has 8 nitrogen and oxygen atoms in total. The minimum Gasteiger partial charge on any atom is -0.352 e. The van der Waals surface area contributed by atoms with E-state index in [-0.39, 0.29) is 47.3 Å². The number of carbonyl (C=O) groups excluding carboxylic acids is 1. The summed E-state index contributed by atoms with van der Waals surface area (Å²) in [5, 5.41) is 5.88. The van der Waals surface area contributed by atoms with Gasteiger partial charge in [-0.05, 0) is 26.1 Å². The van der Waals surface area contributed by atoms with Crippen LogP contribution in [0.1, 0.15) is 16.8 Å². The van der Waals surface area contributed by atoms with Gasteiger partial charge in [-0.25, -0.2) is 9.78 Å². The maximum atomic E-state index is 11.9. The van der Waals surface area contributed by atoms with E-state index in [9.17, 15) is 14.4 Å². The van der Waals surface area contributed by atoms with Crippen molar-refractivity contribution in [3.05, 3.63) is 38.7 Å². The zero-order chi connectivity index (χ0) is 14.5. The Bertz CT molecular complexity index is 743. The predicted octanol–water partition coefficient (Wildman–Crippen LogP) is -0.206. The molecule has 0 aliphatic rings. The molecule has 2 aromatic rings. The molecule has 2 rings (SSSR count). The van der Waals surface area contributed by atoms with Crippen molar-refractivity contribution in [2.75, 3.05) is 20.1 Å². The number of nitrogens with one attached hydrogen (secondary N) is 4. The molecule has 0 spiro atoms. The normalized spacial score (nSPS) is 9.68. The van der Waals surface area contributed by atoms with Crippen molar-refractivity contribution in [3.8, 4) is 0 Å². The largest absolute Gasteiger partial charge is 0.352 e. The number of nitrogens with zero attached hydrogens (tertiary/aromatic N) is 1. The third-order valence-electron chi connectivity index (χ3n) is 2.74. The molecule has 22 heavy (non-hydrogen) atoms. The van der Waals surface area contributed by atoms with E-state index in [1.54, 1.807) is 0 Å². The lowest BCUT2D eigenvalue weighted by molar-refractivity contribution is 0.0953. The molecule has 0 aromatic carbocycles. The Morgan fingerprint density at radius 3 is 2.64 bits per heavy atom. The number of carbonyl (C=O) groups is 1. The molecule has 0 aliphatic heterocycles.